The van der Waals surface area contributed by atoms with E-state index in [1.807, 2.05) is 0 Å². The summed E-state index contributed by atoms with van der Waals surface area (Å²) in [5.41, 5.74) is 6.48. The van der Waals surface area contributed by atoms with Gasteiger partial charge in [0, 0.05) is 13.3 Å². The molecule has 5 heteroatoms. The van der Waals surface area contributed by atoms with E-state index in [9.17, 15) is 15.0 Å². The first-order chi connectivity index (χ1) is 10.4. The number of nitrogens with two attached hydrogens (primary N) is 1. The first kappa shape index (κ1) is 15.9. The molecule has 0 heterocycles. The van der Waals surface area contributed by atoms with Crippen LogP contribution in [0.1, 0.15) is 29.3 Å². The molecule has 0 fully saturated rings. The molecule has 1 amide bonds. The van der Waals surface area contributed by atoms with Crippen LogP contribution in [0.2, 0.25) is 0 Å². The maximum atomic E-state index is 11.4. The third-order valence-corrected chi connectivity index (χ3v) is 3.30. The Labute approximate surface area is 129 Å². The molecule has 4 N–H and O–H groups in total. The quantitative estimate of drug-likeness (QED) is 0.713. The summed E-state index contributed by atoms with van der Waals surface area (Å²) in [6, 6.07) is 13.3. The lowest BCUT2D eigenvalue weighted by Crippen LogP contribution is -2.33. The van der Waals surface area contributed by atoms with Crippen molar-refractivity contribution < 1.29 is 19.7 Å². The number of ether oxygens (including phenoxy) is 1. The number of hydrogen-bond acceptors (Lipinski definition) is 4. The number of amides is 1. The fourth-order valence-corrected chi connectivity index (χ4v) is 2.09. The summed E-state index contributed by atoms with van der Waals surface area (Å²) in [6.07, 6.45) is 0.886. The highest BCUT2D eigenvalue weighted by molar-refractivity contribution is 5.95. The van der Waals surface area contributed by atoms with E-state index in [1.54, 1.807) is 48.5 Å². The van der Waals surface area contributed by atoms with Gasteiger partial charge in [0.05, 0.1) is 5.56 Å². The van der Waals surface area contributed by atoms with Crippen molar-refractivity contribution in [2.24, 2.45) is 5.73 Å². The summed E-state index contributed by atoms with van der Waals surface area (Å²) in [4.78, 5) is 11.4. The van der Waals surface area contributed by atoms with Crippen LogP contribution in [-0.2, 0) is 6.42 Å². The number of rotatable bonds is 6. The molecule has 2 rings (SSSR count). The summed E-state index contributed by atoms with van der Waals surface area (Å²) >= 11 is 0. The highest BCUT2D eigenvalue weighted by atomic mass is 16.6. The van der Waals surface area contributed by atoms with Crippen LogP contribution >= 0.6 is 0 Å². The van der Waals surface area contributed by atoms with Gasteiger partial charge in [0.2, 0.25) is 5.79 Å². The molecular formula is C17H19NO4. The van der Waals surface area contributed by atoms with Crippen molar-refractivity contribution >= 4 is 5.91 Å². The lowest BCUT2D eigenvalue weighted by molar-refractivity contribution is -0.126. The molecular weight excluding hydrogens is 282 g/mol. The van der Waals surface area contributed by atoms with Crippen LogP contribution in [0.5, 0.6) is 11.5 Å². The van der Waals surface area contributed by atoms with E-state index in [0.29, 0.717) is 12.8 Å². The van der Waals surface area contributed by atoms with Crippen LogP contribution in [0.25, 0.3) is 0 Å². The van der Waals surface area contributed by atoms with Crippen LogP contribution in [0, 0.1) is 0 Å². The molecule has 2 aromatic rings. The molecule has 0 spiro atoms. The van der Waals surface area contributed by atoms with Crippen LogP contribution in [0.3, 0.4) is 0 Å². The molecule has 0 radical (unpaired) electrons. The summed E-state index contributed by atoms with van der Waals surface area (Å²) in [7, 11) is 0. The Bertz CT molecular complexity index is 650. The number of phenolic OH excluding ortho intramolecular Hbond substituents is 1. The van der Waals surface area contributed by atoms with Crippen molar-refractivity contribution in [3.05, 3.63) is 59.7 Å². The monoisotopic (exact) mass is 301 g/mol. The maximum Gasteiger partial charge on any atom is 0.252 e. The Kier molecular flexibility index (Phi) is 4.68. The van der Waals surface area contributed by atoms with Gasteiger partial charge in [-0.3, -0.25) is 4.79 Å². The normalized spacial score (nSPS) is 13.4. The predicted molar refractivity (Wildman–Crippen MR) is 82.6 cm³/mol. The minimum atomic E-state index is -1.44. The number of aromatic hydroxyl groups is 1. The third-order valence-electron chi connectivity index (χ3n) is 3.30. The molecule has 2 aromatic carbocycles. The summed E-state index contributed by atoms with van der Waals surface area (Å²) in [6.45, 7) is 1.53. The van der Waals surface area contributed by atoms with Gasteiger partial charge < -0.3 is 20.7 Å². The predicted octanol–water partition coefficient (Wildman–Crippen LogP) is 2.21. The highest BCUT2D eigenvalue weighted by Crippen LogP contribution is 2.24. The fraction of sp³-hybridized carbons (Fsp3) is 0.235. The van der Waals surface area contributed by atoms with E-state index in [2.05, 4.69) is 0 Å². The number of hydrogen-bond donors (Lipinski definition) is 3. The molecule has 0 saturated carbocycles. The Hall–Kier alpha value is -2.53. The van der Waals surface area contributed by atoms with Gasteiger partial charge in [-0.2, -0.15) is 0 Å². The number of benzene rings is 2. The minimum absolute atomic E-state index is 0.196. The molecule has 1 unspecified atom stereocenters. The second-order valence-electron chi connectivity index (χ2n) is 5.30. The highest BCUT2D eigenvalue weighted by Gasteiger charge is 2.24. The Morgan fingerprint density at radius 1 is 1.18 bits per heavy atom. The molecule has 0 saturated heterocycles. The Morgan fingerprint density at radius 2 is 1.82 bits per heavy atom. The van der Waals surface area contributed by atoms with Crippen molar-refractivity contribution in [1.82, 2.24) is 0 Å². The summed E-state index contributed by atoms with van der Waals surface area (Å²) in [5.74, 6) is -1.60. The first-order valence-corrected chi connectivity index (χ1v) is 6.95. The molecule has 22 heavy (non-hydrogen) atoms. The molecule has 0 aliphatic rings. The third kappa shape index (κ3) is 4.23. The van der Waals surface area contributed by atoms with Crippen molar-refractivity contribution in [3.63, 3.8) is 0 Å². The second-order valence-corrected chi connectivity index (χ2v) is 5.30. The van der Waals surface area contributed by atoms with E-state index >= 15 is 0 Å². The van der Waals surface area contributed by atoms with Gasteiger partial charge in [0.25, 0.3) is 5.91 Å². The van der Waals surface area contributed by atoms with Gasteiger partial charge >= 0.3 is 0 Å². The zero-order valence-electron chi connectivity index (χ0n) is 12.3. The molecule has 1 atom stereocenters. The molecule has 5 nitrogen and oxygen atoms in total. The number of carbonyl (C=O) groups is 1. The van der Waals surface area contributed by atoms with Crippen molar-refractivity contribution in [2.45, 2.75) is 25.6 Å². The number of aliphatic hydroxyl groups is 1. The molecule has 0 aliphatic heterocycles. The fourth-order valence-electron chi connectivity index (χ4n) is 2.09. The number of para-hydroxylation sites is 1. The minimum Gasteiger partial charge on any atom is -0.508 e. The largest absolute Gasteiger partial charge is 0.508 e. The van der Waals surface area contributed by atoms with E-state index in [1.165, 1.54) is 6.92 Å². The van der Waals surface area contributed by atoms with Crippen molar-refractivity contribution in [3.8, 4) is 11.5 Å². The standard InChI is InChI=1S/C17H19NO4/c1-17(21,11-10-12-6-8-13(19)9-7-12)22-15-5-3-2-4-14(15)16(18)20/h2-9,19,21H,10-11H2,1H3,(H2,18,20). The average Bonchev–Trinajstić information content (AvgIpc) is 2.46. The Balaban J connectivity index is 2.04. The van der Waals surface area contributed by atoms with Crippen molar-refractivity contribution in [2.75, 3.05) is 0 Å². The van der Waals surface area contributed by atoms with E-state index in [-0.39, 0.29) is 17.1 Å². The lowest BCUT2D eigenvalue weighted by atomic mass is 10.1. The number of phenols is 1. The smallest absolute Gasteiger partial charge is 0.252 e. The average molecular weight is 301 g/mol. The van der Waals surface area contributed by atoms with Crippen LogP contribution < -0.4 is 10.5 Å². The number of carbonyl (C=O) groups excluding carboxylic acids is 1. The SMILES string of the molecule is CC(O)(CCc1ccc(O)cc1)Oc1ccccc1C(N)=O. The van der Waals surface area contributed by atoms with E-state index < -0.39 is 11.7 Å². The molecule has 116 valence electrons. The second kappa shape index (κ2) is 6.49. The van der Waals surface area contributed by atoms with E-state index in [0.717, 1.165) is 5.56 Å². The Morgan fingerprint density at radius 3 is 2.45 bits per heavy atom. The van der Waals surface area contributed by atoms with Gasteiger partial charge in [-0.25, -0.2) is 0 Å². The summed E-state index contributed by atoms with van der Waals surface area (Å²) in [5, 5.41) is 19.6. The first-order valence-electron chi connectivity index (χ1n) is 6.95. The van der Waals surface area contributed by atoms with Gasteiger partial charge in [-0.1, -0.05) is 24.3 Å². The molecule has 0 bridgehead atoms. The van der Waals surface area contributed by atoms with Gasteiger partial charge in [-0.15, -0.1) is 0 Å². The van der Waals surface area contributed by atoms with Gasteiger partial charge in [-0.05, 0) is 36.2 Å². The van der Waals surface area contributed by atoms with Gasteiger partial charge in [0.15, 0.2) is 0 Å². The van der Waals surface area contributed by atoms with Crippen molar-refractivity contribution in [1.29, 1.82) is 0 Å². The molecule has 0 aliphatic carbocycles. The topological polar surface area (TPSA) is 92.8 Å². The number of aryl methyl sites for hydroxylation is 1. The molecule has 0 aromatic heterocycles. The zero-order chi connectivity index (χ0) is 16.2. The van der Waals surface area contributed by atoms with Crippen LogP contribution in [-0.4, -0.2) is 21.9 Å². The van der Waals surface area contributed by atoms with E-state index in [4.69, 9.17) is 10.5 Å². The summed E-state index contributed by atoms with van der Waals surface area (Å²) < 4.78 is 5.55. The lowest BCUT2D eigenvalue weighted by Gasteiger charge is -2.25. The van der Waals surface area contributed by atoms with Crippen LogP contribution in [0.4, 0.5) is 0 Å². The van der Waals surface area contributed by atoms with Gasteiger partial charge in [0.1, 0.15) is 11.5 Å². The maximum absolute atomic E-state index is 11.4. The zero-order valence-corrected chi connectivity index (χ0v) is 12.3. The number of primary amides is 1. The van der Waals surface area contributed by atoms with Crippen LogP contribution in [0.15, 0.2) is 48.5 Å².